The van der Waals surface area contributed by atoms with Gasteiger partial charge in [-0.2, -0.15) is 0 Å². The molecule has 0 radical (unpaired) electrons. The minimum atomic E-state index is -1.64. The maximum absolute atomic E-state index is 12.1. The Hall–Kier alpha value is -4.00. The highest BCUT2D eigenvalue weighted by molar-refractivity contribution is 5.46. The highest BCUT2D eigenvalue weighted by Crippen LogP contribution is 2.49. The van der Waals surface area contributed by atoms with E-state index in [1.165, 1.54) is 62.4 Å². The highest BCUT2D eigenvalue weighted by atomic mass is 16.6. The molecule has 4 atom stereocenters. The van der Waals surface area contributed by atoms with Crippen molar-refractivity contribution in [2.75, 3.05) is 0 Å². The molecule has 168 valence electrons. The molecule has 0 amide bonds. The Labute approximate surface area is 180 Å². The Morgan fingerprint density at radius 1 is 0.688 bits per heavy atom. The van der Waals surface area contributed by atoms with Gasteiger partial charge in [0.2, 0.25) is 12.1 Å². The van der Waals surface area contributed by atoms with Gasteiger partial charge in [0.15, 0.2) is 0 Å². The molecule has 1 N–H and O–H groups in total. The average molecular weight is 445 g/mol. The molecule has 1 saturated heterocycles. The maximum atomic E-state index is 12.1. The van der Waals surface area contributed by atoms with E-state index in [1.54, 1.807) is 0 Å². The van der Waals surface area contributed by atoms with E-state index in [0.29, 0.717) is 0 Å². The minimum absolute atomic E-state index is 0.0299. The van der Waals surface area contributed by atoms with Crippen LogP contribution in [0.3, 0.4) is 0 Å². The van der Waals surface area contributed by atoms with Gasteiger partial charge in [-0.1, -0.05) is 36.4 Å². The van der Waals surface area contributed by atoms with Crippen LogP contribution in [-0.4, -0.2) is 31.8 Å². The van der Waals surface area contributed by atoms with E-state index in [2.05, 4.69) is 5.32 Å². The summed E-state index contributed by atoms with van der Waals surface area (Å²) in [6.07, 6.45) is 0. The highest BCUT2D eigenvalue weighted by Gasteiger charge is 2.64. The number of nitro benzene ring substituents is 2. The maximum Gasteiger partial charge on any atom is 0.274 e. The number of hydrogen-bond acceptors (Lipinski definition) is 9. The summed E-state index contributed by atoms with van der Waals surface area (Å²) in [4.78, 5) is 44.6. The smallest absolute Gasteiger partial charge is 0.274 e. The lowest BCUT2D eigenvalue weighted by Gasteiger charge is -2.44. The standard InChI is InChI=1S/C19H19N5O8/c1-19(2)17(23(29)30)15(11-7-3-5-9-13(11)21(25)26)20-16(18(19)24(31)32)12-8-4-6-10-14(12)22(27)28/h3-10,15-18,20H,1-2H3/t15-,16-,17+,18+/m0/s1. The predicted molar refractivity (Wildman–Crippen MR) is 110 cm³/mol. The van der Waals surface area contributed by atoms with Gasteiger partial charge in [-0.15, -0.1) is 0 Å². The molecule has 0 bridgehead atoms. The number of rotatable bonds is 6. The van der Waals surface area contributed by atoms with Crippen LogP contribution in [0.4, 0.5) is 11.4 Å². The Morgan fingerprint density at radius 3 is 1.34 bits per heavy atom. The van der Waals surface area contributed by atoms with Crippen molar-refractivity contribution >= 4 is 11.4 Å². The summed E-state index contributed by atoms with van der Waals surface area (Å²) < 4.78 is 0. The Morgan fingerprint density at radius 2 is 1.03 bits per heavy atom. The first kappa shape index (κ1) is 22.7. The normalized spacial score (nSPS) is 24.4. The number of para-hydroxylation sites is 2. The van der Waals surface area contributed by atoms with Crippen LogP contribution < -0.4 is 5.32 Å². The Kier molecular flexibility index (Phi) is 5.86. The van der Waals surface area contributed by atoms with Gasteiger partial charge in [-0.3, -0.25) is 45.8 Å². The lowest BCUT2D eigenvalue weighted by atomic mass is 9.66. The zero-order valence-electron chi connectivity index (χ0n) is 17.0. The Balaban J connectivity index is 2.29. The summed E-state index contributed by atoms with van der Waals surface area (Å²) >= 11 is 0. The molecule has 0 aliphatic carbocycles. The summed E-state index contributed by atoms with van der Waals surface area (Å²) in [6.45, 7) is 2.66. The zero-order valence-corrected chi connectivity index (χ0v) is 17.0. The van der Waals surface area contributed by atoms with Crippen LogP contribution in [0, 0.1) is 45.9 Å². The van der Waals surface area contributed by atoms with E-state index in [4.69, 9.17) is 0 Å². The van der Waals surface area contributed by atoms with Gasteiger partial charge in [0.25, 0.3) is 11.4 Å². The number of benzene rings is 2. The van der Waals surface area contributed by atoms with Crippen molar-refractivity contribution < 1.29 is 19.7 Å². The fourth-order valence-electron chi connectivity index (χ4n) is 4.55. The number of piperidine rings is 1. The van der Waals surface area contributed by atoms with E-state index >= 15 is 0 Å². The van der Waals surface area contributed by atoms with Gasteiger partial charge in [0.1, 0.15) is 17.5 Å². The third-order valence-corrected chi connectivity index (χ3v) is 5.91. The molecular formula is C19H19N5O8. The Bertz CT molecular complexity index is 1020. The summed E-state index contributed by atoms with van der Waals surface area (Å²) in [5, 5.41) is 50.1. The fourth-order valence-corrected chi connectivity index (χ4v) is 4.55. The summed E-state index contributed by atoms with van der Waals surface area (Å²) in [7, 11) is 0. The topological polar surface area (TPSA) is 185 Å². The van der Waals surface area contributed by atoms with Gasteiger partial charge >= 0.3 is 0 Å². The first-order valence-electron chi connectivity index (χ1n) is 9.48. The number of nitro groups is 4. The summed E-state index contributed by atoms with van der Waals surface area (Å²) in [5.74, 6) is 0. The quantitative estimate of drug-likeness (QED) is 0.515. The van der Waals surface area contributed by atoms with Crippen LogP contribution >= 0.6 is 0 Å². The molecule has 0 unspecified atom stereocenters. The second kappa shape index (κ2) is 8.26. The minimum Gasteiger partial charge on any atom is -0.291 e. The molecular weight excluding hydrogens is 426 g/mol. The lowest BCUT2D eigenvalue weighted by molar-refractivity contribution is -0.605. The molecule has 2 aromatic carbocycles. The first-order chi connectivity index (χ1) is 15.0. The van der Waals surface area contributed by atoms with Crippen LogP contribution in [0.15, 0.2) is 48.5 Å². The third-order valence-electron chi connectivity index (χ3n) is 5.91. The predicted octanol–water partition coefficient (Wildman–Crippen LogP) is 3.21. The molecule has 2 aromatic rings. The summed E-state index contributed by atoms with van der Waals surface area (Å²) in [6, 6.07) is 4.88. The van der Waals surface area contributed by atoms with Crippen LogP contribution in [0.5, 0.6) is 0 Å². The van der Waals surface area contributed by atoms with Crippen molar-refractivity contribution in [3.63, 3.8) is 0 Å². The van der Waals surface area contributed by atoms with Crippen molar-refractivity contribution in [1.29, 1.82) is 0 Å². The van der Waals surface area contributed by atoms with Gasteiger partial charge in [0.05, 0.1) is 21.0 Å². The fraction of sp³-hybridized carbons (Fsp3) is 0.368. The van der Waals surface area contributed by atoms with Gasteiger partial charge < -0.3 is 0 Å². The molecule has 1 heterocycles. The van der Waals surface area contributed by atoms with Crippen molar-refractivity contribution in [3.05, 3.63) is 100 Å². The third kappa shape index (κ3) is 3.73. The molecule has 1 aliphatic heterocycles. The number of nitrogens with one attached hydrogen (secondary N) is 1. The van der Waals surface area contributed by atoms with Crippen molar-refractivity contribution in [3.8, 4) is 0 Å². The van der Waals surface area contributed by atoms with E-state index in [0.717, 1.165) is 0 Å². The summed E-state index contributed by atoms with van der Waals surface area (Å²) in [5.41, 5.74) is -2.49. The van der Waals surface area contributed by atoms with Crippen molar-refractivity contribution in [2.24, 2.45) is 5.41 Å². The van der Waals surface area contributed by atoms with Gasteiger partial charge in [-0.05, 0) is 13.8 Å². The molecule has 1 fully saturated rings. The van der Waals surface area contributed by atoms with Crippen LogP contribution in [0.1, 0.15) is 37.1 Å². The van der Waals surface area contributed by atoms with Crippen LogP contribution in [0.2, 0.25) is 0 Å². The average Bonchev–Trinajstić information content (AvgIpc) is 2.71. The van der Waals surface area contributed by atoms with Gasteiger partial charge in [-0.25, -0.2) is 0 Å². The number of hydrogen-bond donors (Lipinski definition) is 1. The van der Waals surface area contributed by atoms with Crippen molar-refractivity contribution in [1.82, 2.24) is 5.32 Å². The van der Waals surface area contributed by atoms with Crippen LogP contribution in [-0.2, 0) is 0 Å². The molecule has 0 aromatic heterocycles. The van der Waals surface area contributed by atoms with E-state index in [1.807, 2.05) is 0 Å². The second-order valence-corrected chi connectivity index (χ2v) is 8.04. The van der Waals surface area contributed by atoms with E-state index in [9.17, 15) is 40.5 Å². The van der Waals surface area contributed by atoms with E-state index in [-0.39, 0.29) is 11.1 Å². The molecule has 3 rings (SSSR count). The molecule has 0 saturated carbocycles. The molecule has 13 nitrogen and oxygen atoms in total. The first-order valence-corrected chi connectivity index (χ1v) is 9.48. The zero-order chi connectivity index (χ0) is 23.8. The second-order valence-electron chi connectivity index (χ2n) is 8.04. The number of nitrogens with zero attached hydrogens (tertiary/aromatic N) is 4. The van der Waals surface area contributed by atoms with Crippen LogP contribution in [0.25, 0.3) is 0 Å². The van der Waals surface area contributed by atoms with E-state index < -0.39 is 60.7 Å². The molecule has 0 spiro atoms. The lowest BCUT2D eigenvalue weighted by Crippen LogP contribution is -2.63. The molecule has 1 aliphatic rings. The molecule has 32 heavy (non-hydrogen) atoms. The van der Waals surface area contributed by atoms with Crippen molar-refractivity contribution in [2.45, 2.75) is 38.0 Å². The molecule has 13 heteroatoms. The monoisotopic (exact) mass is 445 g/mol. The largest absolute Gasteiger partial charge is 0.291 e. The van der Waals surface area contributed by atoms with Gasteiger partial charge in [0, 0.05) is 22.0 Å². The SMILES string of the molecule is CC1(C)[C@H]([N+](=O)[O-])[C@H](c2ccccc2[N+](=O)[O-])N[C@@H](c2ccccc2[N+](=O)[O-])[C@H]1[N+](=O)[O-].